The van der Waals surface area contributed by atoms with Crippen LogP contribution in [-0.4, -0.2) is 43.8 Å². The summed E-state index contributed by atoms with van der Waals surface area (Å²) in [4.78, 5) is 28.9. The first-order valence-electron chi connectivity index (χ1n) is 13.3. The van der Waals surface area contributed by atoms with Crippen LogP contribution in [0.25, 0.3) is 0 Å². The number of carbonyl (C=O) groups is 2. The van der Waals surface area contributed by atoms with Crippen LogP contribution in [0.1, 0.15) is 44.7 Å². The summed E-state index contributed by atoms with van der Waals surface area (Å²) < 4.78 is 29.7. The van der Waals surface area contributed by atoms with Crippen LogP contribution >= 0.6 is 39.1 Å². The molecule has 0 heterocycles. The largest absolute Gasteiger partial charge is 0.352 e. The lowest BCUT2D eigenvalue weighted by molar-refractivity contribution is -0.140. The Kier molecular flexibility index (Phi) is 11.7. The molecule has 41 heavy (non-hydrogen) atoms. The number of carbonyl (C=O) groups excluding carboxylic acids is 2. The van der Waals surface area contributed by atoms with Crippen molar-refractivity contribution in [3.8, 4) is 0 Å². The number of benzene rings is 3. The highest BCUT2D eigenvalue weighted by atomic mass is 79.9. The molecule has 0 aliphatic heterocycles. The molecule has 3 rings (SSSR count). The van der Waals surface area contributed by atoms with Gasteiger partial charge >= 0.3 is 0 Å². The Morgan fingerprint density at radius 2 is 1.59 bits per heavy atom. The molecule has 0 aliphatic carbocycles. The third-order valence-corrected chi connectivity index (χ3v) is 9.65. The van der Waals surface area contributed by atoms with Gasteiger partial charge in [-0.15, -0.1) is 0 Å². The molecule has 0 unspecified atom stereocenters. The maximum Gasteiger partial charge on any atom is 0.264 e. The minimum absolute atomic E-state index is 0.0139. The van der Waals surface area contributed by atoms with E-state index in [9.17, 15) is 18.0 Å². The number of aryl methyl sites for hydroxylation is 1. The number of nitrogens with one attached hydrogen (secondary N) is 1. The van der Waals surface area contributed by atoms with Gasteiger partial charge in [-0.2, -0.15) is 0 Å². The molecule has 0 saturated carbocycles. The molecule has 0 aromatic heterocycles. The van der Waals surface area contributed by atoms with Crippen LogP contribution in [0.3, 0.4) is 0 Å². The van der Waals surface area contributed by atoms with Crippen molar-refractivity contribution < 1.29 is 18.0 Å². The second kappa shape index (κ2) is 14.5. The van der Waals surface area contributed by atoms with Gasteiger partial charge in [-0.3, -0.25) is 13.9 Å². The zero-order valence-electron chi connectivity index (χ0n) is 23.4. The Hall–Kier alpha value is -2.59. The van der Waals surface area contributed by atoms with E-state index in [-0.39, 0.29) is 23.4 Å². The second-order valence-corrected chi connectivity index (χ2v) is 13.4. The lowest BCUT2D eigenvalue weighted by atomic mass is 10.1. The standard InChI is InChI=1S/C30H34BrCl2N3O4S/c1-5-21(4)34-30(38)28(6-2)35(18-22-9-12-24(32)17-27(22)33)29(37)19-36(25-13-10-23(31)11-14-25)41(39,40)26-15-7-20(3)8-16-26/h7-17,21,28H,5-6,18-19H2,1-4H3,(H,34,38)/t21-,28+/m1/s1. The summed E-state index contributed by atoms with van der Waals surface area (Å²) in [5.74, 6) is -0.877. The Morgan fingerprint density at radius 3 is 2.15 bits per heavy atom. The van der Waals surface area contributed by atoms with E-state index in [0.717, 1.165) is 14.3 Å². The first kappa shape index (κ1) is 32.9. The molecule has 0 saturated heterocycles. The molecule has 11 heteroatoms. The van der Waals surface area contributed by atoms with Crippen molar-refractivity contribution in [2.45, 2.75) is 64.1 Å². The lowest BCUT2D eigenvalue weighted by Crippen LogP contribution is -2.53. The summed E-state index contributed by atoms with van der Waals surface area (Å²) in [6.45, 7) is 6.96. The lowest BCUT2D eigenvalue weighted by Gasteiger charge is -2.34. The van der Waals surface area contributed by atoms with Crippen molar-refractivity contribution in [2.24, 2.45) is 0 Å². The van der Waals surface area contributed by atoms with E-state index in [1.54, 1.807) is 61.5 Å². The molecule has 3 aromatic rings. The zero-order valence-corrected chi connectivity index (χ0v) is 27.3. The summed E-state index contributed by atoms with van der Waals surface area (Å²) >= 11 is 15.9. The number of hydrogen-bond acceptors (Lipinski definition) is 4. The van der Waals surface area contributed by atoms with Gasteiger partial charge < -0.3 is 10.2 Å². The van der Waals surface area contributed by atoms with Crippen LogP contribution in [0.5, 0.6) is 0 Å². The van der Waals surface area contributed by atoms with Gasteiger partial charge in [0.15, 0.2) is 0 Å². The van der Waals surface area contributed by atoms with E-state index in [0.29, 0.717) is 34.1 Å². The summed E-state index contributed by atoms with van der Waals surface area (Å²) in [5, 5.41) is 3.73. The predicted molar refractivity (Wildman–Crippen MR) is 169 cm³/mol. The van der Waals surface area contributed by atoms with Gasteiger partial charge in [-0.25, -0.2) is 8.42 Å². The molecule has 0 bridgehead atoms. The second-order valence-electron chi connectivity index (χ2n) is 9.80. The van der Waals surface area contributed by atoms with Crippen molar-refractivity contribution in [2.75, 3.05) is 10.8 Å². The number of anilines is 1. The minimum atomic E-state index is -4.15. The summed E-state index contributed by atoms with van der Waals surface area (Å²) in [5.41, 5.74) is 1.79. The first-order chi connectivity index (χ1) is 19.4. The average molecular weight is 683 g/mol. The van der Waals surface area contributed by atoms with Crippen LogP contribution in [0, 0.1) is 6.92 Å². The normalized spacial score (nSPS) is 12.9. The van der Waals surface area contributed by atoms with Crippen molar-refractivity contribution >= 4 is 66.7 Å². The summed E-state index contributed by atoms with van der Waals surface area (Å²) in [7, 11) is -4.15. The average Bonchev–Trinajstić information content (AvgIpc) is 2.93. The molecule has 7 nitrogen and oxygen atoms in total. The minimum Gasteiger partial charge on any atom is -0.352 e. The molecule has 2 atom stereocenters. The third-order valence-electron chi connectivity index (χ3n) is 6.75. The number of rotatable bonds is 12. The molecule has 0 aliphatic rings. The fourth-order valence-corrected chi connectivity index (χ4v) is 6.31. The predicted octanol–water partition coefficient (Wildman–Crippen LogP) is 6.98. The number of amides is 2. The van der Waals surface area contributed by atoms with Crippen molar-refractivity contribution in [1.82, 2.24) is 10.2 Å². The quantitative estimate of drug-likeness (QED) is 0.223. The molecule has 3 aromatic carbocycles. The maximum absolute atomic E-state index is 14.1. The Bertz CT molecular complexity index is 1470. The van der Waals surface area contributed by atoms with E-state index < -0.39 is 28.5 Å². The van der Waals surface area contributed by atoms with Crippen LogP contribution in [-0.2, 0) is 26.2 Å². The van der Waals surface area contributed by atoms with Crippen LogP contribution in [0.15, 0.2) is 76.1 Å². The zero-order chi connectivity index (χ0) is 30.3. The fraction of sp³-hybridized carbons (Fsp3) is 0.333. The van der Waals surface area contributed by atoms with Crippen LogP contribution < -0.4 is 9.62 Å². The number of sulfonamides is 1. The number of hydrogen-bond donors (Lipinski definition) is 1. The highest BCUT2D eigenvalue weighted by molar-refractivity contribution is 9.10. The van der Waals surface area contributed by atoms with E-state index in [1.165, 1.54) is 17.0 Å². The van der Waals surface area contributed by atoms with E-state index in [1.807, 2.05) is 20.8 Å². The van der Waals surface area contributed by atoms with Crippen molar-refractivity contribution in [3.05, 3.63) is 92.4 Å². The molecule has 0 spiro atoms. The summed E-state index contributed by atoms with van der Waals surface area (Å²) in [6, 6.07) is 17.0. The Morgan fingerprint density at radius 1 is 0.951 bits per heavy atom. The molecular formula is C30H34BrCl2N3O4S. The molecule has 220 valence electrons. The maximum atomic E-state index is 14.1. The van der Waals surface area contributed by atoms with Crippen LogP contribution in [0.4, 0.5) is 5.69 Å². The van der Waals surface area contributed by atoms with Gasteiger partial charge in [0.1, 0.15) is 12.6 Å². The summed E-state index contributed by atoms with van der Waals surface area (Å²) in [6.07, 6.45) is 1.02. The highest BCUT2D eigenvalue weighted by Crippen LogP contribution is 2.28. The van der Waals surface area contributed by atoms with Gasteiger partial charge in [-0.05, 0) is 80.8 Å². The third kappa shape index (κ3) is 8.47. The molecule has 2 amide bonds. The fourth-order valence-electron chi connectivity index (χ4n) is 4.17. The highest BCUT2D eigenvalue weighted by Gasteiger charge is 2.34. The van der Waals surface area contributed by atoms with Gasteiger partial charge in [0, 0.05) is 27.1 Å². The molecule has 0 fully saturated rings. The SMILES string of the molecule is CC[C@@H](C)NC(=O)[C@H](CC)N(Cc1ccc(Cl)cc1Cl)C(=O)CN(c1ccc(Br)cc1)S(=O)(=O)c1ccc(C)cc1. The first-order valence-corrected chi connectivity index (χ1v) is 16.2. The van der Waals surface area contributed by atoms with Crippen molar-refractivity contribution in [3.63, 3.8) is 0 Å². The monoisotopic (exact) mass is 681 g/mol. The smallest absolute Gasteiger partial charge is 0.264 e. The van der Waals surface area contributed by atoms with E-state index in [4.69, 9.17) is 23.2 Å². The topological polar surface area (TPSA) is 86.8 Å². The van der Waals surface area contributed by atoms with E-state index in [2.05, 4.69) is 21.2 Å². The van der Waals surface area contributed by atoms with Gasteiger partial charge in [0.05, 0.1) is 10.6 Å². The Labute approximate surface area is 261 Å². The van der Waals surface area contributed by atoms with Gasteiger partial charge in [-0.1, -0.05) is 76.7 Å². The van der Waals surface area contributed by atoms with Crippen molar-refractivity contribution in [1.29, 1.82) is 0 Å². The Balaban J connectivity index is 2.08. The number of nitrogens with zero attached hydrogens (tertiary/aromatic N) is 2. The molecular weight excluding hydrogens is 649 g/mol. The van der Waals surface area contributed by atoms with E-state index >= 15 is 0 Å². The number of halogens is 3. The molecule has 0 radical (unpaired) electrons. The van der Waals surface area contributed by atoms with Gasteiger partial charge in [0.2, 0.25) is 11.8 Å². The molecule has 1 N–H and O–H groups in total. The van der Waals surface area contributed by atoms with Crippen LogP contribution in [0.2, 0.25) is 10.0 Å². The van der Waals surface area contributed by atoms with Gasteiger partial charge in [0.25, 0.3) is 10.0 Å².